The monoisotopic (exact) mass is 611 g/mol. The number of nitrogens with one attached hydrogen (secondary N) is 2. The maximum Gasteiger partial charge on any atom is 0.246 e. The molecule has 2 bridgehead atoms. The van der Waals surface area contributed by atoms with E-state index >= 15 is 0 Å². The molecule has 5 atom stereocenters. The van der Waals surface area contributed by atoms with Gasteiger partial charge in [0.05, 0.1) is 17.9 Å². The van der Waals surface area contributed by atoms with Crippen LogP contribution in [0.3, 0.4) is 0 Å². The molecule has 3 aromatic rings. The molecular formula is C35H34ClN3O5. The van der Waals surface area contributed by atoms with Crippen molar-refractivity contribution in [2.45, 2.75) is 62.4 Å². The molecule has 44 heavy (non-hydrogen) atoms. The largest absolute Gasteiger partial charge is 0.457 e. The Morgan fingerprint density at radius 3 is 2.34 bits per heavy atom. The normalized spacial score (nSPS) is 27.3. The van der Waals surface area contributed by atoms with Crippen molar-refractivity contribution in [3.63, 3.8) is 0 Å². The lowest BCUT2D eigenvalue weighted by Gasteiger charge is -2.34. The topological polar surface area (TPSA) is 97.0 Å². The van der Waals surface area contributed by atoms with Crippen LogP contribution in [0.4, 0.5) is 5.69 Å². The maximum absolute atomic E-state index is 14.2. The molecule has 1 spiro atoms. The van der Waals surface area contributed by atoms with Crippen LogP contribution >= 0.6 is 11.6 Å². The third kappa shape index (κ3) is 5.26. The molecule has 7 rings (SSSR count). The summed E-state index contributed by atoms with van der Waals surface area (Å²) in [7, 11) is 0. The van der Waals surface area contributed by atoms with E-state index in [1.54, 1.807) is 41.3 Å². The first-order valence-electron chi connectivity index (χ1n) is 15.3. The molecule has 2 saturated heterocycles. The summed E-state index contributed by atoms with van der Waals surface area (Å²) in [5.74, 6) is -1.08. The summed E-state index contributed by atoms with van der Waals surface area (Å²) in [4.78, 5) is 43.7. The predicted octanol–water partition coefficient (Wildman–Crippen LogP) is 5.87. The molecule has 3 heterocycles. The molecular weight excluding hydrogens is 578 g/mol. The molecule has 3 amide bonds. The number of fused-ring (bicyclic) bond motifs is 1. The van der Waals surface area contributed by atoms with Crippen LogP contribution in [0.5, 0.6) is 11.5 Å². The smallest absolute Gasteiger partial charge is 0.246 e. The first-order chi connectivity index (χ1) is 21.4. The maximum atomic E-state index is 14.2. The van der Waals surface area contributed by atoms with Crippen molar-refractivity contribution < 1.29 is 23.9 Å². The van der Waals surface area contributed by atoms with E-state index in [0.717, 1.165) is 37.7 Å². The predicted molar refractivity (Wildman–Crippen MR) is 166 cm³/mol. The highest BCUT2D eigenvalue weighted by molar-refractivity contribution is 6.30. The van der Waals surface area contributed by atoms with E-state index in [0.29, 0.717) is 22.2 Å². The lowest BCUT2D eigenvalue weighted by atomic mass is 9.74. The van der Waals surface area contributed by atoms with Crippen molar-refractivity contribution in [3.8, 4) is 11.5 Å². The van der Waals surface area contributed by atoms with Crippen LogP contribution in [0.15, 0.2) is 91.0 Å². The Labute approximate surface area is 261 Å². The Balaban J connectivity index is 1.13. The summed E-state index contributed by atoms with van der Waals surface area (Å²) in [6, 6.07) is 22.9. The minimum absolute atomic E-state index is 0.0645. The number of hydrogen-bond donors (Lipinski definition) is 2. The number of para-hydroxylation sites is 1. The van der Waals surface area contributed by atoms with Gasteiger partial charge < -0.3 is 25.0 Å². The summed E-state index contributed by atoms with van der Waals surface area (Å²) < 4.78 is 12.4. The standard InChI is InChI=1S/C35H34ClN3O5/c36-23-13-11-22(12-14-23)21-39-31(33(41)38-24-7-3-1-4-8-24)35-20-19-28(44-35)29(30(35)34(39)42)32(40)37-25-15-17-27(18-16-25)43-26-9-5-2-6-10-26/h2,5-6,9-20,24,28-31H,1,3-4,7-8,21H2,(H,37,40)(H,38,41)/t28-,29-,30-,31-,35-/m1/s1. The molecule has 0 unspecified atom stereocenters. The SMILES string of the molecule is O=C(Nc1ccc(Oc2ccccc2)cc1)[C@@H]1[C@H]2C=C[C@@]3(O2)[C@H]1C(=O)N(Cc1ccc(Cl)cc1)[C@@H]3C(=O)NC1CCCCC1. The second-order valence-electron chi connectivity index (χ2n) is 12.1. The minimum Gasteiger partial charge on any atom is -0.457 e. The van der Waals surface area contributed by atoms with E-state index < -0.39 is 29.6 Å². The Kier molecular flexibility index (Phi) is 7.64. The summed E-state index contributed by atoms with van der Waals surface area (Å²) in [5, 5.41) is 6.79. The van der Waals surface area contributed by atoms with Gasteiger partial charge in [0, 0.05) is 23.3 Å². The fraction of sp³-hybridized carbons (Fsp3) is 0.343. The number of hydrogen-bond acceptors (Lipinski definition) is 5. The first-order valence-corrected chi connectivity index (χ1v) is 15.7. The number of carbonyl (C=O) groups is 3. The lowest BCUT2D eigenvalue weighted by Crippen LogP contribution is -2.56. The molecule has 0 aromatic heterocycles. The summed E-state index contributed by atoms with van der Waals surface area (Å²) in [5.41, 5.74) is 0.195. The number of benzene rings is 3. The van der Waals surface area contributed by atoms with Crippen LogP contribution in [0.25, 0.3) is 0 Å². The number of anilines is 1. The highest BCUT2D eigenvalue weighted by Crippen LogP contribution is 2.55. The van der Waals surface area contributed by atoms with Gasteiger partial charge in [-0.3, -0.25) is 14.4 Å². The molecule has 226 valence electrons. The van der Waals surface area contributed by atoms with Crippen LogP contribution in [0.2, 0.25) is 5.02 Å². The highest BCUT2D eigenvalue weighted by Gasteiger charge is 2.72. The van der Waals surface area contributed by atoms with Crippen molar-refractivity contribution in [1.29, 1.82) is 0 Å². The minimum atomic E-state index is -1.22. The van der Waals surface area contributed by atoms with Crippen LogP contribution in [0.1, 0.15) is 37.7 Å². The third-order valence-corrected chi connectivity index (χ3v) is 9.50. The van der Waals surface area contributed by atoms with Crippen molar-refractivity contribution >= 4 is 35.0 Å². The van der Waals surface area contributed by atoms with Crippen LogP contribution in [-0.4, -0.2) is 46.4 Å². The second kappa shape index (κ2) is 11.7. The zero-order chi connectivity index (χ0) is 30.3. The van der Waals surface area contributed by atoms with Gasteiger partial charge in [-0.15, -0.1) is 0 Å². The number of ether oxygens (including phenoxy) is 2. The molecule has 1 aliphatic carbocycles. The van der Waals surface area contributed by atoms with E-state index in [1.165, 1.54) is 0 Å². The van der Waals surface area contributed by atoms with Crippen molar-refractivity contribution in [2.24, 2.45) is 11.8 Å². The Hall–Kier alpha value is -4.14. The van der Waals surface area contributed by atoms with Gasteiger partial charge in [0.2, 0.25) is 17.7 Å². The van der Waals surface area contributed by atoms with E-state index in [2.05, 4.69) is 10.6 Å². The van der Waals surface area contributed by atoms with Crippen LogP contribution in [-0.2, 0) is 25.7 Å². The molecule has 1 saturated carbocycles. The summed E-state index contributed by atoms with van der Waals surface area (Å²) in [6.07, 6.45) is 8.19. The molecule has 3 fully saturated rings. The van der Waals surface area contributed by atoms with Crippen molar-refractivity contribution in [3.05, 3.63) is 102 Å². The molecule has 2 N–H and O–H groups in total. The van der Waals surface area contributed by atoms with E-state index in [1.807, 2.05) is 54.6 Å². The van der Waals surface area contributed by atoms with Gasteiger partial charge in [-0.2, -0.15) is 0 Å². The zero-order valence-corrected chi connectivity index (χ0v) is 24.9. The van der Waals surface area contributed by atoms with Gasteiger partial charge in [-0.25, -0.2) is 0 Å². The van der Waals surface area contributed by atoms with Gasteiger partial charge >= 0.3 is 0 Å². The summed E-state index contributed by atoms with van der Waals surface area (Å²) in [6.45, 7) is 0.204. The quantitative estimate of drug-likeness (QED) is 0.311. The third-order valence-electron chi connectivity index (χ3n) is 9.24. The van der Waals surface area contributed by atoms with Gasteiger partial charge in [0.1, 0.15) is 23.1 Å². The second-order valence-corrected chi connectivity index (χ2v) is 12.5. The molecule has 3 aliphatic heterocycles. The number of nitrogens with zero attached hydrogens (tertiary/aromatic N) is 1. The fourth-order valence-electron chi connectivity index (χ4n) is 7.21. The van der Waals surface area contributed by atoms with E-state index in [9.17, 15) is 14.4 Å². The molecule has 0 radical (unpaired) electrons. The molecule has 3 aromatic carbocycles. The van der Waals surface area contributed by atoms with Crippen molar-refractivity contribution in [1.82, 2.24) is 10.2 Å². The Morgan fingerprint density at radius 1 is 0.909 bits per heavy atom. The van der Waals surface area contributed by atoms with Crippen LogP contribution < -0.4 is 15.4 Å². The fourth-order valence-corrected chi connectivity index (χ4v) is 7.33. The first kappa shape index (κ1) is 28.6. The Morgan fingerprint density at radius 2 is 1.61 bits per heavy atom. The lowest BCUT2D eigenvalue weighted by molar-refractivity contribution is -0.142. The van der Waals surface area contributed by atoms with Gasteiger partial charge in [-0.1, -0.05) is 73.3 Å². The van der Waals surface area contributed by atoms with E-state index in [4.69, 9.17) is 21.1 Å². The number of amides is 3. The average molecular weight is 612 g/mol. The van der Waals surface area contributed by atoms with Gasteiger partial charge in [0.25, 0.3) is 0 Å². The van der Waals surface area contributed by atoms with E-state index in [-0.39, 0.29) is 30.3 Å². The van der Waals surface area contributed by atoms with Crippen LogP contribution in [0, 0.1) is 11.8 Å². The molecule has 4 aliphatic rings. The van der Waals surface area contributed by atoms with Gasteiger partial charge in [-0.05, 0) is 66.9 Å². The van der Waals surface area contributed by atoms with Crippen molar-refractivity contribution in [2.75, 3.05) is 5.32 Å². The Bertz CT molecular complexity index is 1570. The average Bonchev–Trinajstić information content (AvgIpc) is 3.68. The number of likely N-dealkylation sites (tertiary alicyclic amines) is 1. The summed E-state index contributed by atoms with van der Waals surface area (Å²) >= 11 is 6.11. The molecule has 8 nitrogen and oxygen atoms in total. The number of carbonyl (C=O) groups excluding carboxylic acids is 3. The molecule has 9 heteroatoms. The number of rotatable bonds is 8. The zero-order valence-electron chi connectivity index (χ0n) is 24.2. The van der Waals surface area contributed by atoms with Gasteiger partial charge in [0.15, 0.2) is 0 Å². The number of halogens is 1. The highest BCUT2D eigenvalue weighted by atomic mass is 35.5.